The average molecular weight is 248 g/mol. The molecule has 1 aliphatic heterocycles. The van der Waals surface area contributed by atoms with E-state index in [4.69, 9.17) is 10.5 Å². The highest BCUT2D eigenvalue weighted by atomic mass is 16.5. The number of rotatable bonds is 6. The van der Waals surface area contributed by atoms with E-state index < -0.39 is 0 Å². The van der Waals surface area contributed by atoms with Gasteiger partial charge in [-0.3, -0.25) is 0 Å². The molecule has 2 rings (SSSR count). The SMILES string of the molecule is Cc1cccc(CCN(C)CC2(CN)COC2)c1. The fraction of sp³-hybridized carbons (Fsp3) is 0.600. The highest BCUT2D eigenvalue weighted by Crippen LogP contribution is 2.26. The van der Waals surface area contributed by atoms with Crippen LogP contribution in [0.25, 0.3) is 0 Å². The molecule has 0 unspecified atom stereocenters. The minimum atomic E-state index is 0.210. The quantitative estimate of drug-likeness (QED) is 0.828. The molecule has 1 saturated heterocycles. The summed E-state index contributed by atoms with van der Waals surface area (Å²) in [6, 6.07) is 8.74. The lowest BCUT2D eigenvalue weighted by atomic mass is 9.85. The summed E-state index contributed by atoms with van der Waals surface area (Å²) in [4.78, 5) is 2.37. The van der Waals surface area contributed by atoms with Gasteiger partial charge >= 0.3 is 0 Å². The standard InChI is InChI=1S/C15H24N2O/c1-13-4-3-5-14(8-13)6-7-17(2)10-15(9-16)11-18-12-15/h3-5,8H,6-7,9-12,16H2,1-2H3. The smallest absolute Gasteiger partial charge is 0.0569 e. The molecule has 1 heterocycles. The van der Waals surface area contributed by atoms with Crippen LogP contribution < -0.4 is 5.73 Å². The van der Waals surface area contributed by atoms with Crippen molar-refractivity contribution in [3.8, 4) is 0 Å². The molecule has 3 nitrogen and oxygen atoms in total. The van der Waals surface area contributed by atoms with E-state index in [1.807, 2.05) is 0 Å². The van der Waals surface area contributed by atoms with Gasteiger partial charge in [0.1, 0.15) is 0 Å². The molecule has 1 aliphatic rings. The van der Waals surface area contributed by atoms with E-state index in [2.05, 4.69) is 43.1 Å². The Morgan fingerprint density at radius 2 is 2.17 bits per heavy atom. The van der Waals surface area contributed by atoms with Crippen LogP contribution in [0.1, 0.15) is 11.1 Å². The van der Waals surface area contributed by atoms with Crippen molar-refractivity contribution in [1.29, 1.82) is 0 Å². The minimum absolute atomic E-state index is 0.210. The third-order valence-electron chi connectivity index (χ3n) is 3.72. The second-order valence-corrected chi connectivity index (χ2v) is 5.67. The maximum Gasteiger partial charge on any atom is 0.0569 e. The van der Waals surface area contributed by atoms with Gasteiger partial charge in [-0.1, -0.05) is 29.8 Å². The third-order valence-corrected chi connectivity index (χ3v) is 3.72. The molecule has 0 aromatic heterocycles. The molecular weight excluding hydrogens is 224 g/mol. The van der Waals surface area contributed by atoms with Crippen molar-refractivity contribution in [2.24, 2.45) is 11.1 Å². The summed E-state index contributed by atoms with van der Waals surface area (Å²) in [5, 5.41) is 0. The summed E-state index contributed by atoms with van der Waals surface area (Å²) >= 11 is 0. The largest absolute Gasteiger partial charge is 0.380 e. The molecule has 1 aromatic carbocycles. The number of ether oxygens (including phenoxy) is 1. The van der Waals surface area contributed by atoms with E-state index in [0.29, 0.717) is 0 Å². The summed E-state index contributed by atoms with van der Waals surface area (Å²) in [5.41, 5.74) is 8.79. The normalized spacial score (nSPS) is 17.8. The van der Waals surface area contributed by atoms with Gasteiger partial charge in [0, 0.05) is 25.0 Å². The molecule has 0 spiro atoms. The molecule has 0 bridgehead atoms. The van der Waals surface area contributed by atoms with Crippen molar-refractivity contribution in [1.82, 2.24) is 4.90 Å². The van der Waals surface area contributed by atoms with E-state index in [0.717, 1.165) is 39.3 Å². The van der Waals surface area contributed by atoms with Crippen molar-refractivity contribution in [2.45, 2.75) is 13.3 Å². The van der Waals surface area contributed by atoms with Gasteiger partial charge in [0.25, 0.3) is 0 Å². The predicted molar refractivity (Wildman–Crippen MR) is 74.7 cm³/mol. The Balaban J connectivity index is 1.79. The van der Waals surface area contributed by atoms with E-state index >= 15 is 0 Å². The van der Waals surface area contributed by atoms with Crippen LogP contribution in [0.2, 0.25) is 0 Å². The first-order valence-corrected chi connectivity index (χ1v) is 6.65. The second kappa shape index (κ2) is 5.83. The molecule has 0 amide bonds. The maximum absolute atomic E-state index is 5.84. The van der Waals surface area contributed by atoms with Gasteiger partial charge in [0.05, 0.1) is 13.2 Å². The number of nitrogens with two attached hydrogens (primary N) is 1. The van der Waals surface area contributed by atoms with Crippen LogP contribution in [0.3, 0.4) is 0 Å². The first kappa shape index (κ1) is 13.5. The van der Waals surface area contributed by atoms with Crippen LogP contribution in [0.4, 0.5) is 0 Å². The molecular formula is C15H24N2O. The van der Waals surface area contributed by atoms with Gasteiger partial charge in [0.2, 0.25) is 0 Å². The zero-order valence-corrected chi connectivity index (χ0v) is 11.5. The first-order valence-electron chi connectivity index (χ1n) is 6.65. The average Bonchev–Trinajstić information content (AvgIpc) is 2.31. The van der Waals surface area contributed by atoms with E-state index in [1.165, 1.54) is 11.1 Å². The molecule has 2 N–H and O–H groups in total. The molecule has 1 fully saturated rings. The Bertz CT molecular complexity index is 382. The summed E-state index contributed by atoms with van der Waals surface area (Å²) in [6.07, 6.45) is 1.10. The van der Waals surface area contributed by atoms with Crippen molar-refractivity contribution in [3.63, 3.8) is 0 Å². The second-order valence-electron chi connectivity index (χ2n) is 5.67. The molecule has 100 valence electrons. The molecule has 18 heavy (non-hydrogen) atoms. The first-order chi connectivity index (χ1) is 8.63. The number of aryl methyl sites for hydroxylation is 1. The Morgan fingerprint density at radius 1 is 1.39 bits per heavy atom. The molecule has 1 aromatic rings. The monoisotopic (exact) mass is 248 g/mol. The lowest BCUT2D eigenvalue weighted by Gasteiger charge is -2.43. The van der Waals surface area contributed by atoms with Crippen molar-refractivity contribution >= 4 is 0 Å². The number of benzene rings is 1. The summed E-state index contributed by atoms with van der Waals surface area (Å²) in [5.74, 6) is 0. The highest BCUT2D eigenvalue weighted by Gasteiger charge is 2.37. The Morgan fingerprint density at radius 3 is 2.72 bits per heavy atom. The Labute approximate surface area is 110 Å². The van der Waals surface area contributed by atoms with Gasteiger partial charge in [-0.15, -0.1) is 0 Å². The number of nitrogens with zero attached hydrogens (tertiary/aromatic N) is 1. The van der Waals surface area contributed by atoms with Crippen LogP contribution >= 0.6 is 0 Å². The van der Waals surface area contributed by atoms with Gasteiger partial charge in [-0.05, 0) is 26.0 Å². The van der Waals surface area contributed by atoms with Crippen LogP contribution in [0, 0.1) is 12.3 Å². The zero-order valence-electron chi connectivity index (χ0n) is 11.5. The van der Waals surface area contributed by atoms with Crippen molar-refractivity contribution < 1.29 is 4.74 Å². The number of likely N-dealkylation sites (N-methyl/N-ethyl adjacent to an activating group) is 1. The Hall–Kier alpha value is -0.900. The maximum atomic E-state index is 5.84. The van der Waals surface area contributed by atoms with E-state index in [9.17, 15) is 0 Å². The van der Waals surface area contributed by atoms with Crippen molar-refractivity contribution in [3.05, 3.63) is 35.4 Å². The third kappa shape index (κ3) is 3.31. The topological polar surface area (TPSA) is 38.5 Å². The van der Waals surface area contributed by atoms with Crippen LogP contribution in [0.15, 0.2) is 24.3 Å². The molecule has 0 aliphatic carbocycles. The molecule has 3 heteroatoms. The van der Waals surface area contributed by atoms with Crippen LogP contribution in [-0.2, 0) is 11.2 Å². The fourth-order valence-corrected chi connectivity index (χ4v) is 2.50. The molecule has 0 radical (unpaired) electrons. The van der Waals surface area contributed by atoms with Gasteiger partial charge in [-0.2, -0.15) is 0 Å². The Kier molecular flexibility index (Phi) is 4.38. The molecule has 0 saturated carbocycles. The summed E-state index contributed by atoms with van der Waals surface area (Å²) < 4.78 is 5.30. The summed E-state index contributed by atoms with van der Waals surface area (Å²) in [6.45, 7) is 6.61. The molecule has 0 atom stereocenters. The predicted octanol–water partition coefficient (Wildman–Crippen LogP) is 1.44. The zero-order chi connectivity index (χ0) is 13.0. The number of hydrogen-bond acceptors (Lipinski definition) is 3. The van der Waals surface area contributed by atoms with E-state index in [-0.39, 0.29) is 5.41 Å². The minimum Gasteiger partial charge on any atom is -0.380 e. The lowest BCUT2D eigenvalue weighted by Crippen LogP contribution is -2.54. The lowest BCUT2D eigenvalue weighted by molar-refractivity contribution is -0.117. The van der Waals surface area contributed by atoms with Gasteiger partial charge < -0.3 is 15.4 Å². The summed E-state index contributed by atoms with van der Waals surface area (Å²) in [7, 11) is 2.17. The van der Waals surface area contributed by atoms with Crippen molar-refractivity contribution in [2.75, 3.05) is 39.9 Å². The fourth-order valence-electron chi connectivity index (χ4n) is 2.50. The van der Waals surface area contributed by atoms with E-state index in [1.54, 1.807) is 0 Å². The van der Waals surface area contributed by atoms with Crippen LogP contribution in [0.5, 0.6) is 0 Å². The van der Waals surface area contributed by atoms with Gasteiger partial charge in [0.15, 0.2) is 0 Å². The van der Waals surface area contributed by atoms with Gasteiger partial charge in [-0.25, -0.2) is 0 Å². The number of hydrogen-bond donors (Lipinski definition) is 1. The van der Waals surface area contributed by atoms with Crippen LogP contribution in [-0.4, -0.2) is 44.8 Å². The highest BCUT2D eigenvalue weighted by molar-refractivity contribution is 5.22.